The van der Waals surface area contributed by atoms with Crippen molar-refractivity contribution in [2.75, 3.05) is 0 Å². The van der Waals surface area contributed by atoms with Gasteiger partial charge in [0.15, 0.2) is 5.78 Å². The minimum atomic E-state index is -2.74. The molecule has 12 heavy (non-hydrogen) atoms. The molecule has 0 aromatic heterocycles. The number of Topliss-reactive ketones (excluding diaryl/α,β-unsaturated/α-hetero) is 1. The van der Waals surface area contributed by atoms with Crippen molar-refractivity contribution in [3.05, 3.63) is 11.6 Å². The lowest BCUT2D eigenvalue weighted by Gasteiger charge is -2.28. The second-order valence-corrected chi connectivity index (χ2v) is 4.19. The molecule has 0 atom stereocenters. The van der Waals surface area contributed by atoms with E-state index in [1.54, 1.807) is 20.8 Å². The van der Waals surface area contributed by atoms with Crippen LogP contribution >= 0.6 is 0 Å². The van der Waals surface area contributed by atoms with Crippen molar-refractivity contribution in [2.24, 2.45) is 5.41 Å². The lowest BCUT2D eigenvalue weighted by Crippen LogP contribution is -2.33. The molecule has 0 N–H and O–H groups in total. The molecule has 1 nitrogen and oxygen atoms in total. The normalized spacial score (nSPS) is 21.2. The van der Waals surface area contributed by atoms with Gasteiger partial charge in [-0.15, -0.1) is 0 Å². The van der Waals surface area contributed by atoms with Crippen LogP contribution in [0.15, 0.2) is 11.6 Å². The standard InChI is InChI=1S/C9H12F2O/c1-8(2,3)7(12)6-4-9(10,11)5-6/h4H,5H2,1-3H3. The van der Waals surface area contributed by atoms with Gasteiger partial charge in [-0.2, -0.15) is 0 Å². The van der Waals surface area contributed by atoms with E-state index in [0.29, 0.717) is 0 Å². The van der Waals surface area contributed by atoms with Gasteiger partial charge in [0, 0.05) is 17.4 Å². The number of carbonyl (C=O) groups is 1. The first kappa shape index (κ1) is 9.36. The molecule has 0 fully saturated rings. The highest BCUT2D eigenvalue weighted by Gasteiger charge is 2.42. The Morgan fingerprint density at radius 2 is 1.92 bits per heavy atom. The van der Waals surface area contributed by atoms with Gasteiger partial charge in [-0.1, -0.05) is 20.8 Å². The van der Waals surface area contributed by atoms with E-state index >= 15 is 0 Å². The van der Waals surface area contributed by atoms with Crippen molar-refractivity contribution in [2.45, 2.75) is 33.1 Å². The fourth-order valence-corrected chi connectivity index (χ4v) is 1.11. The third-order valence-corrected chi connectivity index (χ3v) is 1.78. The smallest absolute Gasteiger partial charge is 0.271 e. The van der Waals surface area contributed by atoms with Crippen LogP contribution in [-0.4, -0.2) is 11.7 Å². The Morgan fingerprint density at radius 3 is 2.17 bits per heavy atom. The van der Waals surface area contributed by atoms with Gasteiger partial charge in [0.1, 0.15) is 0 Å². The van der Waals surface area contributed by atoms with Crippen molar-refractivity contribution < 1.29 is 13.6 Å². The number of halogens is 2. The average molecular weight is 174 g/mol. The number of alkyl halides is 2. The Kier molecular flexibility index (Phi) is 1.85. The predicted octanol–water partition coefficient (Wildman–Crippen LogP) is 2.57. The van der Waals surface area contributed by atoms with Crippen molar-refractivity contribution in [3.63, 3.8) is 0 Å². The summed E-state index contributed by atoms with van der Waals surface area (Å²) in [6.45, 7) is 5.19. The Labute approximate surface area is 70.5 Å². The molecule has 0 bridgehead atoms. The van der Waals surface area contributed by atoms with Crippen molar-refractivity contribution in [1.29, 1.82) is 0 Å². The number of ketones is 1. The maximum absolute atomic E-state index is 12.3. The second kappa shape index (κ2) is 2.38. The second-order valence-electron chi connectivity index (χ2n) is 4.19. The highest BCUT2D eigenvalue weighted by Crippen LogP contribution is 2.38. The molecule has 68 valence electrons. The van der Waals surface area contributed by atoms with Gasteiger partial charge < -0.3 is 0 Å². The molecule has 0 unspecified atom stereocenters. The Hall–Kier alpha value is -0.730. The first-order valence-electron chi connectivity index (χ1n) is 3.87. The minimum absolute atomic E-state index is 0.173. The van der Waals surface area contributed by atoms with Gasteiger partial charge >= 0.3 is 0 Å². The molecule has 0 amide bonds. The zero-order valence-electron chi connectivity index (χ0n) is 7.45. The third-order valence-electron chi connectivity index (χ3n) is 1.78. The Bertz CT molecular complexity index is 246. The predicted molar refractivity (Wildman–Crippen MR) is 42.1 cm³/mol. The van der Waals surface area contributed by atoms with Crippen LogP contribution in [0.4, 0.5) is 8.78 Å². The third kappa shape index (κ3) is 1.71. The van der Waals surface area contributed by atoms with Gasteiger partial charge in [-0.05, 0) is 6.08 Å². The lowest BCUT2D eigenvalue weighted by atomic mass is 9.79. The Morgan fingerprint density at radius 1 is 1.50 bits per heavy atom. The molecule has 0 spiro atoms. The minimum Gasteiger partial charge on any atom is -0.294 e. The number of rotatable bonds is 1. The summed E-state index contributed by atoms with van der Waals surface area (Å²) in [7, 11) is 0. The molecule has 0 aromatic rings. The van der Waals surface area contributed by atoms with E-state index in [2.05, 4.69) is 0 Å². The van der Waals surface area contributed by atoms with E-state index in [-0.39, 0.29) is 17.8 Å². The van der Waals surface area contributed by atoms with Crippen LogP contribution in [0, 0.1) is 5.41 Å². The largest absolute Gasteiger partial charge is 0.294 e. The van der Waals surface area contributed by atoms with Crippen LogP contribution in [0.5, 0.6) is 0 Å². The van der Waals surface area contributed by atoms with E-state index in [4.69, 9.17) is 0 Å². The van der Waals surface area contributed by atoms with Gasteiger partial charge in [0.05, 0.1) is 0 Å². The van der Waals surface area contributed by atoms with E-state index in [1.165, 1.54) is 0 Å². The van der Waals surface area contributed by atoms with Crippen LogP contribution in [0.3, 0.4) is 0 Å². The summed E-state index contributed by atoms with van der Waals surface area (Å²) in [6, 6.07) is 0. The molecule has 1 aliphatic rings. The molecular weight excluding hydrogens is 162 g/mol. The zero-order valence-corrected chi connectivity index (χ0v) is 7.45. The summed E-state index contributed by atoms with van der Waals surface area (Å²) in [6.07, 6.45) is 0.379. The molecule has 0 aromatic carbocycles. The SMILES string of the molecule is CC(C)(C)C(=O)C1=CC(F)(F)C1. The molecule has 0 saturated heterocycles. The summed E-state index contributed by atoms with van der Waals surface area (Å²) in [5, 5.41) is 0. The maximum Gasteiger partial charge on any atom is 0.271 e. The van der Waals surface area contributed by atoms with Gasteiger partial charge in [-0.3, -0.25) is 4.79 Å². The van der Waals surface area contributed by atoms with Crippen LogP contribution in [0.1, 0.15) is 27.2 Å². The molecule has 3 heteroatoms. The average Bonchev–Trinajstić information content (AvgIpc) is 1.78. The summed E-state index contributed by atoms with van der Waals surface area (Å²) in [5.41, 5.74) is -0.269. The molecular formula is C9H12F2O. The first-order chi connectivity index (χ1) is 5.22. The van der Waals surface area contributed by atoms with Crippen molar-refractivity contribution >= 4 is 5.78 Å². The summed E-state index contributed by atoms with van der Waals surface area (Å²) in [4.78, 5) is 11.3. The highest BCUT2D eigenvalue weighted by atomic mass is 19.3. The quantitative estimate of drug-likeness (QED) is 0.597. The summed E-state index contributed by atoms with van der Waals surface area (Å²) in [5.74, 6) is -2.91. The monoisotopic (exact) mass is 174 g/mol. The van der Waals surface area contributed by atoms with Crippen LogP contribution < -0.4 is 0 Å². The summed E-state index contributed by atoms with van der Waals surface area (Å²) < 4.78 is 24.6. The molecule has 0 heterocycles. The Balaban J connectivity index is 2.72. The molecule has 1 aliphatic carbocycles. The van der Waals surface area contributed by atoms with Gasteiger partial charge in [0.2, 0.25) is 0 Å². The lowest BCUT2D eigenvalue weighted by molar-refractivity contribution is -0.124. The van der Waals surface area contributed by atoms with Gasteiger partial charge in [-0.25, -0.2) is 8.78 Å². The van der Waals surface area contributed by atoms with E-state index in [1.807, 2.05) is 0 Å². The fourth-order valence-electron chi connectivity index (χ4n) is 1.11. The molecule has 0 radical (unpaired) electrons. The number of hydrogen-bond donors (Lipinski definition) is 0. The molecule has 0 saturated carbocycles. The van der Waals surface area contributed by atoms with Gasteiger partial charge in [0.25, 0.3) is 5.92 Å². The van der Waals surface area contributed by atoms with E-state index < -0.39 is 11.3 Å². The topological polar surface area (TPSA) is 17.1 Å². The van der Waals surface area contributed by atoms with Crippen LogP contribution in [-0.2, 0) is 4.79 Å². The van der Waals surface area contributed by atoms with E-state index in [9.17, 15) is 13.6 Å². The van der Waals surface area contributed by atoms with Crippen molar-refractivity contribution in [3.8, 4) is 0 Å². The maximum atomic E-state index is 12.3. The number of carbonyl (C=O) groups excluding carboxylic acids is 1. The van der Waals surface area contributed by atoms with Crippen molar-refractivity contribution in [1.82, 2.24) is 0 Å². The summed E-state index contributed by atoms with van der Waals surface area (Å²) >= 11 is 0. The highest BCUT2D eigenvalue weighted by molar-refractivity contribution is 6.00. The van der Waals surface area contributed by atoms with E-state index in [0.717, 1.165) is 6.08 Å². The number of allylic oxidation sites excluding steroid dienone is 2. The fraction of sp³-hybridized carbons (Fsp3) is 0.667. The molecule has 1 rings (SSSR count). The zero-order chi connectivity index (χ0) is 9.57. The number of hydrogen-bond acceptors (Lipinski definition) is 1. The van der Waals surface area contributed by atoms with Crippen LogP contribution in [0.2, 0.25) is 0 Å². The first-order valence-corrected chi connectivity index (χ1v) is 3.87. The molecule has 0 aliphatic heterocycles. The van der Waals surface area contributed by atoms with Crippen LogP contribution in [0.25, 0.3) is 0 Å².